The van der Waals surface area contributed by atoms with Gasteiger partial charge in [-0.3, -0.25) is 9.59 Å². The molecule has 0 saturated carbocycles. The number of halogens is 1. The number of nitrogens with one attached hydrogen (secondary N) is 2. The van der Waals surface area contributed by atoms with E-state index in [4.69, 9.17) is 9.47 Å². The van der Waals surface area contributed by atoms with E-state index in [2.05, 4.69) is 43.3 Å². The first-order valence-electron chi connectivity index (χ1n) is 11.0. The van der Waals surface area contributed by atoms with Gasteiger partial charge in [-0.15, -0.1) is 16.8 Å². The van der Waals surface area contributed by atoms with E-state index < -0.39 is 0 Å². The summed E-state index contributed by atoms with van der Waals surface area (Å²) in [5, 5.41) is 14.7. The summed E-state index contributed by atoms with van der Waals surface area (Å²) in [5.41, 5.74) is 3.37. The van der Waals surface area contributed by atoms with Crippen molar-refractivity contribution in [2.24, 2.45) is 0 Å². The van der Waals surface area contributed by atoms with Crippen LogP contribution in [0.2, 0.25) is 0 Å². The van der Waals surface area contributed by atoms with Crippen LogP contribution in [-0.4, -0.2) is 46.6 Å². The fourth-order valence-corrected chi connectivity index (χ4v) is 4.62. The van der Waals surface area contributed by atoms with Gasteiger partial charge in [-0.05, 0) is 71.2 Å². The lowest BCUT2D eigenvalue weighted by atomic mass is 10.1. The number of anilines is 1. The Hall–Kier alpha value is -3.31. The van der Waals surface area contributed by atoms with E-state index in [0.717, 1.165) is 21.3 Å². The Labute approximate surface area is 222 Å². The molecule has 1 aromatic heterocycles. The Morgan fingerprint density at radius 3 is 2.53 bits per heavy atom. The highest BCUT2D eigenvalue weighted by Gasteiger charge is 2.16. The molecule has 11 heteroatoms. The lowest BCUT2D eigenvalue weighted by Gasteiger charge is -2.11. The van der Waals surface area contributed by atoms with E-state index >= 15 is 0 Å². The fourth-order valence-electron chi connectivity index (χ4n) is 3.30. The standard InChI is InChI=1S/C25H28BrN5O4S/c1-6-9-31-22(13-27-24(33)17-7-8-20(34-4)21(12-17)35-5)29-30-25(31)36-14-23(32)28-19-11-16(3)15(2)10-18(19)26/h6-8,10-12H,1,9,13-14H2,2-5H3,(H,27,33)(H,28,32). The average Bonchev–Trinajstić information content (AvgIpc) is 3.25. The van der Waals surface area contributed by atoms with E-state index in [1.165, 1.54) is 26.0 Å². The Balaban J connectivity index is 1.64. The van der Waals surface area contributed by atoms with Gasteiger partial charge in [-0.1, -0.05) is 17.8 Å². The number of carbonyl (C=O) groups is 2. The minimum absolute atomic E-state index is 0.145. The zero-order valence-corrected chi connectivity index (χ0v) is 23.0. The van der Waals surface area contributed by atoms with Crippen LogP contribution in [-0.2, 0) is 17.9 Å². The number of allylic oxidation sites excluding steroid dienone is 1. The van der Waals surface area contributed by atoms with Gasteiger partial charge in [-0.2, -0.15) is 0 Å². The molecule has 0 saturated heterocycles. The number of aryl methyl sites for hydroxylation is 2. The molecule has 0 unspecified atom stereocenters. The van der Waals surface area contributed by atoms with Crippen LogP contribution in [0.5, 0.6) is 11.5 Å². The van der Waals surface area contributed by atoms with Crippen molar-refractivity contribution in [3.63, 3.8) is 0 Å². The van der Waals surface area contributed by atoms with E-state index in [-0.39, 0.29) is 24.1 Å². The third-order valence-corrected chi connectivity index (χ3v) is 6.97. The van der Waals surface area contributed by atoms with Crippen molar-refractivity contribution in [3.8, 4) is 11.5 Å². The molecule has 0 fully saturated rings. The average molecular weight is 575 g/mol. The lowest BCUT2D eigenvalue weighted by molar-refractivity contribution is -0.113. The van der Waals surface area contributed by atoms with Crippen molar-refractivity contribution in [1.29, 1.82) is 0 Å². The summed E-state index contributed by atoms with van der Waals surface area (Å²) in [5.74, 6) is 1.23. The summed E-state index contributed by atoms with van der Waals surface area (Å²) in [6.45, 7) is 8.38. The molecular weight excluding hydrogens is 546 g/mol. The van der Waals surface area contributed by atoms with Crippen molar-refractivity contribution in [2.45, 2.75) is 32.1 Å². The van der Waals surface area contributed by atoms with Crippen molar-refractivity contribution in [2.75, 3.05) is 25.3 Å². The second-order valence-electron chi connectivity index (χ2n) is 7.80. The molecule has 0 aliphatic carbocycles. The van der Waals surface area contributed by atoms with Gasteiger partial charge in [0.1, 0.15) is 0 Å². The van der Waals surface area contributed by atoms with Crippen molar-refractivity contribution < 1.29 is 19.1 Å². The Bertz CT molecular complexity index is 1280. The molecular formula is C25H28BrN5O4S. The lowest BCUT2D eigenvalue weighted by Crippen LogP contribution is -2.25. The second kappa shape index (κ2) is 12.6. The summed E-state index contributed by atoms with van der Waals surface area (Å²) in [7, 11) is 3.04. The smallest absolute Gasteiger partial charge is 0.251 e. The fraction of sp³-hybridized carbons (Fsp3) is 0.280. The molecule has 0 atom stereocenters. The molecule has 0 spiro atoms. The Kier molecular flexibility index (Phi) is 9.54. The first-order chi connectivity index (χ1) is 17.3. The summed E-state index contributed by atoms with van der Waals surface area (Å²) < 4.78 is 13.1. The number of amides is 2. The number of methoxy groups -OCH3 is 2. The molecule has 1 heterocycles. The SMILES string of the molecule is C=CCn1c(CNC(=O)c2ccc(OC)c(OC)c2)nnc1SCC(=O)Nc1cc(C)c(C)cc1Br. The number of hydrogen-bond acceptors (Lipinski definition) is 7. The van der Waals surface area contributed by atoms with Crippen molar-refractivity contribution in [3.05, 3.63) is 70.0 Å². The van der Waals surface area contributed by atoms with Crippen LogP contribution in [0.25, 0.3) is 0 Å². The highest BCUT2D eigenvalue weighted by atomic mass is 79.9. The van der Waals surface area contributed by atoms with Crippen LogP contribution in [0.15, 0.2) is 52.6 Å². The highest BCUT2D eigenvalue weighted by molar-refractivity contribution is 9.10. The van der Waals surface area contributed by atoms with E-state index in [0.29, 0.717) is 34.6 Å². The zero-order valence-electron chi connectivity index (χ0n) is 20.6. The van der Waals surface area contributed by atoms with Crippen LogP contribution < -0.4 is 20.1 Å². The number of ether oxygens (including phenoxy) is 2. The van der Waals surface area contributed by atoms with Crippen LogP contribution >= 0.6 is 27.7 Å². The maximum atomic E-state index is 12.7. The maximum Gasteiger partial charge on any atom is 0.251 e. The molecule has 0 radical (unpaired) electrons. The number of nitrogens with zero attached hydrogens (tertiary/aromatic N) is 3. The molecule has 2 aromatic carbocycles. The minimum atomic E-state index is -0.295. The number of thioether (sulfide) groups is 1. The van der Waals surface area contributed by atoms with Crippen LogP contribution in [0.4, 0.5) is 5.69 Å². The van der Waals surface area contributed by atoms with Gasteiger partial charge in [0, 0.05) is 16.6 Å². The Morgan fingerprint density at radius 1 is 1.11 bits per heavy atom. The number of rotatable bonds is 11. The van der Waals surface area contributed by atoms with Gasteiger partial charge in [0.05, 0.1) is 32.2 Å². The molecule has 2 N–H and O–H groups in total. The highest BCUT2D eigenvalue weighted by Crippen LogP contribution is 2.28. The molecule has 3 aromatic rings. The van der Waals surface area contributed by atoms with Gasteiger partial charge in [0.25, 0.3) is 5.91 Å². The van der Waals surface area contributed by atoms with E-state index in [9.17, 15) is 9.59 Å². The molecule has 9 nitrogen and oxygen atoms in total. The minimum Gasteiger partial charge on any atom is -0.493 e. The van der Waals surface area contributed by atoms with Gasteiger partial charge in [-0.25, -0.2) is 0 Å². The molecule has 3 rings (SSSR count). The van der Waals surface area contributed by atoms with Gasteiger partial charge in [0.15, 0.2) is 22.5 Å². The second-order valence-corrected chi connectivity index (χ2v) is 9.60. The van der Waals surface area contributed by atoms with Gasteiger partial charge in [0.2, 0.25) is 5.91 Å². The largest absolute Gasteiger partial charge is 0.493 e. The zero-order chi connectivity index (χ0) is 26.2. The number of benzene rings is 2. The number of hydrogen-bond donors (Lipinski definition) is 2. The van der Waals surface area contributed by atoms with E-state index in [1.807, 2.05) is 30.5 Å². The number of aromatic nitrogens is 3. The maximum absolute atomic E-state index is 12.7. The monoisotopic (exact) mass is 573 g/mol. The summed E-state index contributed by atoms with van der Waals surface area (Å²) >= 11 is 4.75. The normalized spacial score (nSPS) is 10.6. The van der Waals surface area contributed by atoms with Gasteiger partial charge >= 0.3 is 0 Å². The topological polar surface area (TPSA) is 107 Å². The van der Waals surface area contributed by atoms with Crippen molar-refractivity contribution >= 4 is 45.2 Å². The summed E-state index contributed by atoms with van der Waals surface area (Å²) in [6.07, 6.45) is 1.71. The predicted molar refractivity (Wildman–Crippen MR) is 144 cm³/mol. The van der Waals surface area contributed by atoms with Gasteiger partial charge < -0.3 is 24.7 Å². The molecule has 2 amide bonds. The molecule has 0 aliphatic heterocycles. The Morgan fingerprint density at radius 2 is 1.83 bits per heavy atom. The third-order valence-electron chi connectivity index (χ3n) is 5.35. The first kappa shape index (κ1) is 27.3. The van der Waals surface area contributed by atoms with Crippen LogP contribution in [0.1, 0.15) is 27.3 Å². The quantitative estimate of drug-likeness (QED) is 0.256. The van der Waals surface area contributed by atoms with E-state index in [1.54, 1.807) is 24.3 Å². The molecule has 0 bridgehead atoms. The third kappa shape index (κ3) is 6.67. The first-order valence-corrected chi connectivity index (χ1v) is 12.8. The van der Waals surface area contributed by atoms with Crippen LogP contribution in [0, 0.1) is 13.8 Å². The molecule has 0 aliphatic rings. The van der Waals surface area contributed by atoms with Crippen LogP contribution in [0.3, 0.4) is 0 Å². The van der Waals surface area contributed by atoms with Crippen molar-refractivity contribution in [1.82, 2.24) is 20.1 Å². The number of carbonyl (C=O) groups excluding carboxylic acids is 2. The predicted octanol–water partition coefficient (Wildman–Crippen LogP) is 4.52. The molecule has 190 valence electrons. The summed E-state index contributed by atoms with van der Waals surface area (Å²) in [6, 6.07) is 8.84. The molecule has 36 heavy (non-hydrogen) atoms. The summed E-state index contributed by atoms with van der Waals surface area (Å²) in [4.78, 5) is 25.2.